The highest BCUT2D eigenvalue weighted by atomic mass is 32.1. The van der Waals surface area contributed by atoms with Crippen LogP contribution in [0.15, 0.2) is 223 Å². The molecule has 0 unspecified atom stereocenters. The fourth-order valence-corrected chi connectivity index (χ4v) is 10.3. The van der Waals surface area contributed by atoms with Gasteiger partial charge in [0.25, 0.3) is 0 Å². The zero-order valence-electron chi connectivity index (χ0n) is 32.5. The number of hydrogen-bond donors (Lipinski definition) is 0. The summed E-state index contributed by atoms with van der Waals surface area (Å²) in [5.74, 6) is 0. The minimum absolute atomic E-state index is 0.866. The average Bonchev–Trinajstić information content (AvgIpc) is 3.87. The summed E-state index contributed by atoms with van der Waals surface area (Å²) in [6.45, 7) is 0. The molecule has 2 aromatic heterocycles. The van der Waals surface area contributed by atoms with Crippen LogP contribution in [-0.2, 0) is 0 Å². The second kappa shape index (κ2) is 14.0. The van der Waals surface area contributed by atoms with Gasteiger partial charge in [-0.05, 0) is 101 Å². The van der Waals surface area contributed by atoms with Gasteiger partial charge in [-0.1, -0.05) is 140 Å². The van der Waals surface area contributed by atoms with Gasteiger partial charge in [-0.2, -0.15) is 0 Å². The molecule has 60 heavy (non-hydrogen) atoms. The summed E-state index contributed by atoms with van der Waals surface area (Å²) in [5.41, 5.74) is 10.7. The van der Waals surface area contributed by atoms with Crippen LogP contribution in [0.4, 0.5) is 34.1 Å². The Morgan fingerprint density at radius 1 is 0.333 bits per heavy atom. The zero-order valence-corrected chi connectivity index (χ0v) is 33.3. The molecule has 12 aromatic rings. The van der Waals surface area contributed by atoms with E-state index in [0.717, 1.165) is 61.6 Å². The lowest BCUT2D eigenvalue weighted by molar-refractivity contribution is 0.669. The lowest BCUT2D eigenvalue weighted by Crippen LogP contribution is -2.10. The van der Waals surface area contributed by atoms with E-state index in [1.807, 2.05) is 11.3 Å². The quantitative estimate of drug-likeness (QED) is 0.160. The highest BCUT2D eigenvalue weighted by Gasteiger charge is 2.23. The average molecular weight is 785 g/mol. The van der Waals surface area contributed by atoms with Crippen molar-refractivity contribution in [2.45, 2.75) is 0 Å². The Balaban J connectivity index is 1.10. The molecule has 12 rings (SSSR count). The molecule has 0 aliphatic rings. The predicted octanol–water partition coefficient (Wildman–Crippen LogP) is 16.9. The van der Waals surface area contributed by atoms with Gasteiger partial charge < -0.3 is 14.2 Å². The molecule has 0 aliphatic heterocycles. The van der Waals surface area contributed by atoms with Gasteiger partial charge in [0.2, 0.25) is 0 Å². The standard InChI is InChI=1S/C56H36N2OS/c1-4-16-37(17-5-1)38-20-14-25-43(32-38)58(50-28-15-29-52-55(50)49-33-39-18-10-11-19-40(39)34-53(49)59-52)44-30-31-46-48-36-51(45-26-12-13-27-47(45)56(48)60-54(46)35-44)57(41-21-6-2-7-22-41)42-23-8-3-9-24-42/h1-36H. The summed E-state index contributed by atoms with van der Waals surface area (Å²) in [4.78, 5) is 4.80. The number of thiophene rings is 1. The molecular weight excluding hydrogens is 749 g/mol. The normalized spacial score (nSPS) is 11.7. The second-order valence-corrected chi connectivity index (χ2v) is 16.4. The third kappa shape index (κ3) is 5.65. The first kappa shape index (κ1) is 34.4. The first-order chi connectivity index (χ1) is 29.7. The van der Waals surface area contributed by atoms with Crippen LogP contribution in [-0.4, -0.2) is 0 Å². The van der Waals surface area contributed by atoms with Crippen molar-refractivity contribution in [2.24, 2.45) is 0 Å². The molecule has 0 spiro atoms. The summed E-state index contributed by atoms with van der Waals surface area (Å²) < 4.78 is 9.15. The lowest BCUT2D eigenvalue weighted by Gasteiger charge is -2.27. The Bertz CT molecular complexity index is 3520. The molecule has 0 aliphatic carbocycles. The lowest BCUT2D eigenvalue weighted by atomic mass is 10.0. The van der Waals surface area contributed by atoms with Crippen molar-refractivity contribution in [3.8, 4) is 11.1 Å². The number of anilines is 6. The highest BCUT2D eigenvalue weighted by molar-refractivity contribution is 7.26. The van der Waals surface area contributed by atoms with E-state index in [4.69, 9.17) is 4.42 Å². The van der Waals surface area contributed by atoms with Gasteiger partial charge in [0, 0.05) is 59.1 Å². The molecule has 0 radical (unpaired) electrons. The molecule has 0 saturated heterocycles. The van der Waals surface area contributed by atoms with Crippen molar-refractivity contribution < 1.29 is 4.42 Å². The highest BCUT2D eigenvalue weighted by Crippen LogP contribution is 2.49. The Kier molecular flexibility index (Phi) is 8.03. The SMILES string of the molecule is c1ccc(-c2cccc(N(c3ccc4c(c3)sc3c5ccccc5c(N(c5ccccc5)c5ccccc5)cc43)c3cccc4oc5cc6ccccc6cc5c34)c2)cc1. The van der Waals surface area contributed by atoms with Crippen LogP contribution in [0.2, 0.25) is 0 Å². The van der Waals surface area contributed by atoms with Crippen LogP contribution in [0.3, 0.4) is 0 Å². The van der Waals surface area contributed by atoms with Crippen molar-refractivity contribution in [3.05, 3.63) is 218 Å². The van der Waals surface area contributed by atoms with Crippen LogP contribution in [0.5, 0.6) is 0 Å². The summed E-state index contributed by atoms with van der Waals surface area (Å²) in [7, 11) is 0. The van der Waals surface area contributed by atoms with E-state index in [0.29, 0.717) is 0 Å². The molecule has 2 heterocycles. The van der Waals surface area contributed by atoms with Crippen molar-refractivity contribution >= 4 is 109 Å². The summed E-state index contributed by atoms with van der Waals surface area (Å²) in [6.07, 6.45) is 0. The largest absolute Gasteiger partial charge is 0.456 e. The fourth-order valence-electron chi connectivity index (χ4n) is 9.03. The Labute approximate surface area is 351 Å². The molecule has 0 saturated carbocycles. The number of benzene rings is 10. The van der Waals surface area contributed by atoms with E-state index in [1.54, 1.807) is 0 Å². The molecule has 10 aromatic carbocycles. The van der Waals surface area contributed by atoms with E-state index in [2.05, 4.69) is 228 Å². The summed E-state index contributed by atoms with van der Waals surface area (Å²) >= 11 is 1.87. The Hall–Kier alpha value is -7.66. The minimum atomic E-state index is 0.866. The number of hydrogen-bond acceptors (Lipinski definition) is 4. The fraction of sp³-hybridized carbons (Fsp3) is 0. The molecular formula is C56H36N2OS. The van der Waals surface area contributed by atoms with Crippen molar-refractivity contribution in [1.82, 2.24) is 0 Å². The smallest absolute Gasteiger partial charge is 0.137 e. The molecule has 0 atom stereocenters. The van der Waals surface area contributed by atoms with E-state index in [-0.39, 0.29) is 0 Å². The van der Waals surface area contributed by atoms with Crippen LogP contribution in [0, 0.1) is 0 Å². The maximum absolute atomic E-state index is 6.63. The summed E-state index contributed by atoms with van der Waals surface area (Å²) in [5, 5.41) is 9.51. The monoisotopic (exact) mass is 784 g/mol. The number of nitrogens with zero attached hydrogens (tertiary/aromatic N) is 2. The third-order valence-corrected chi connectivity index (χ3v) is 13.0. The molecule has 0 fully saturated rings. The Morgan fingerprint density at radius 3 is 1.70 bits per heavy atom. The van der Waals surface area contributed by atoms with E-state index in [9.17, 15) is 0 Å². The maximum atomic E-state index is 6.63. The Morgan fingerprint density at radius 2 is 0.933 bits per heavy atom. The van der Waals surface area contributed by atoms with Crippen molar-refractivity contribution in [3.63, 3.8) is 0 Å². The van der Waals surface area contributed by atoms with Crippen LogP contribution in [0.25, 0.3) is 74.8 Å². The summed E-state index contributed by atoms with van der Waals surface area (Å²) in [6, 6.07) is 78.6. The van der Waals surface area contributed by atoms with E-state index >= 15 is 0 Å². The number of fused-ring (bicyclic) bond motifs is 9. The van der Waals surface area contributed by atoms with Crippen LogP contribution >= 0.6 is 11.3 Å². The first-order valence-corrected chi connectivity index (χ1v) is 21.1. The predicted molar refractivity (Wildman–Crippen MR) is 256 cm³/mol. The third-order valence-electron chi connectivity index (χ3n) is 11.8. The molecule has 0 N–H and O–H groups in total. The van der Waals surface area contributed by atoms with Crippen molar-refractivity contribution in [2.75, 3.05) is 9.80 Å². The second-order valence-electron chi connectivity index (χ2n) is 15.3. The minimum Gasteiger partial charge on any atom is -0.456 e. The van der Waals surface area contributed by atoms with E-state index in [1.165, 1.54) is 47.3 Å². The molecule has 0 amide bonds. The van der Waals surface area contributed by atoms with Gasteiger partial charge in [0.1, 0.15) is 11.2 Å². The van der Waals surface area contributed by atoms with Crippen LogP contribution in [0.1, 0.15) is 0 Å². The number of rotatable bonds is 7. The van der Waals surface area contributed by atoms with E-state index < -0.39 is 0 Å². The van der Waals surface area contributed by atoms with Gasteiger partial charge >= 0.3 is 0 Å². The van der Waals surface area contributed by atoms with Gasteiger partial charge in [-0.25, -0.2) is 0 Å². The topological polar surface area (TPSA) is 19.6 Å². The number of para-hydroxylation sites is 2. The first-order valence-electron chi connectivity index (χ1n) is 20.3. The van der Waals surface area contributed by atoms with Gasteiger partial charge in [-0.15, -0.1) is 11.3 Å². The van der Waals surface area contributed by atoms with Gasteiger partial charge in [0.05, 0.1) is 16.8 Å². The zero-order chi connectivity index (χ0) is 39.6. The maximum Gasteiger partial charge on any atom is 0.137 e. The van der Waals surface area contributed by atoms with Gasteiger partial charge in [-0.3, -0.25) is 0 Å². The van der Waals surface area contributed by atoms with Crippen LogP contribution < -0.4 is 9.80 Å². The molecule has 4 heteroatoms. The van der Waals surface area contributed by atoms with Crippen molar-refractivity contribution in [1.29, 1.82) is 0 Å². The molecule has 0 bridgehead atoms. The van der Waals surface area contributed by atoms with Gasteiger partial charge in [0.15, 0.2) is 0 Å². The number of furan rings is 1. The molecule has 3 nitrogen and oxygen atoms in total. The molecule has 282 valence electrons.